The van der Waals surface area contributed by atoms with Gasteiger partial charge in [0.15, 0.2) is 0 Å². The molecule has 4 rings (SSSR count). The molecule has 2 aromatic carbocycles. The Bertz CT molecular complexity index is 1120. The number of phenolic OH excluding ortho intramolecular Hbond substituents is 1. The molecule has 1 aromatic heterocycles. The second-order valence-corrected chi connectivity index (χ2v) is 8.34. The third kappa shape index (κ3) is 4.19. The quantitative estimate of drug-likeness (QED) is 0.588. The van der Waals surface area contributed by atoms with Crippen LogP contribution >= 0.6 is 0 Å². The van der Waals surface area contributed by atoms with E-state index in [1.165, 1.54) is 4.90 Å². The number of H-pyrrole nitrogens is 1. The third-order valence-corrected chi connectivity index (χ3v) is 5.54. The molecule has 2 amide bonds. The highest BCUT2D eigenvalue weighted by Crippen LogP contribution is 2.29. The zero-order valence-corrected chi connectivity index (χ0v) is 18.0. The monoisotopic (exact) mass is 421 g/mol. The zero-order valence-electron chi connectivity index (χ0n) is 18.0. The predicted molar refractivity (Wildman–Crippen MR) is 121 cm³/mol. The van der Waals surface area contributed by atoms with Crippen molar-refractivity contribution in [3.05, 3.63) is 47.7 Å². The Morgan fingerprint density at radius 1 is 1.26 bits per heavy atom. The largest absolute Gasteiger partial charge is 0.507 e. The molecule has 1 fully saturated rings. The number of nitrogens with zero attached hydrogens (tertiary/aromatic N) is 3. The number of nitrogens with one attached hydrogen (secondary N) is 2. The highest BCUT2D eigenvalue weighted by atomic mass is 16.3. The molecule has 2 heterocycles. The molecule has 1 saturated heterocycles. The normalized spacial score (nSPS) is 14.2. The standard InChI is InChI=1S/C23H27N5O3/c1-14(2)10-19-17-11-18(21(29)12-20(17)26-25-19)23(31)27(3)15-4-6-16(7-5-15)28-9-8-24-22(30)13-28/h4-7,11-12,14,29H,8-10,13H2,1-3H3,(H,24,30)(H,25,26). The Kier molecular flexibility index (Phi) is 5.54. The lowest BCUT2D eigenvalue weighted by Crippen LogP contribution is -2.47. The molecular formula is C23H27N5O3. The van der Waals surface area contributed by atoms with Crippen LogP contribution in [0, 0.1) is 5.92 Å². The van der Waals surface area contributed by atoms with E-state index in [0.29, 0.717) is 30.2 Å². The van der Waals surface area contributed by atoms with Crippen LogP contribution in [0.1, 0.15) is 29.9 Å². The number of fused-ring (bicyclic) bond motifs is 1. The second-order valence-electron chi connectivity index (χ2n) is 8.34. The minimum absolute atomic E-state index is 0.00423. The molecule has 0 atom stereocenters. The number of hydrogen-bond acceptors (Lipinski definition) is 5. The van der Waals surface area contributed by atoms with E-state index >= 15 is 0 Å². The summed E-state index contributed by atoms with van der Waals surface area (Å²) in [6, 6.07) is 10.8. The van der Waals surface area contributed by atoms with Gasteiger partial charge in [0.1, 0.15) is 5.75 Å². The fraction of sp³-hybridized carbons (Fsp3) is 0.348. The Hall–Kier alpha value is -3.55. The first-order valence-electron chi connectivity index (χ1n) is 10.4. The number of aromatic amines is 1. The summed E-state index contributed by atoms with van der Waals surface area (Å²) in [5.41, 5.74) is 3.46. The van der Waals surface area contributed by atoms with Crippen molar-refractivity contribution in [1.29, 1.82) is 0 Å². The van der Waals surface area contributed by atoms with Gasteiger partial charge in [-0.15, -0.1) is 0 Å². The van der Waals surface area contributed by atoms with Crippen molar-refractivity contribution in [3.63, 3.8) is 0 Å². The van der Waals surface area contributed by atoms with E-state index in [0.717, 1.165) is 29.7 Å². The van der Waals surface area contributed by atoms with Gasteiger partial charge in [-0.3, -0.25) is 14.7 Å². The Balaban J connectivity index is 1.58. The number of rotatable bonds is 5. The summed E-state index contributed by atoms with van der Waals surface area (Å²) in [4.78, 5) is 28.3. The van der Waals surface area contributed by atoms with Crippen LogP contribution in [0.25, 0.3) is 10.9 Å². The van der Waals surface area contributed by atoms with Crippen LogP contribution in [0.2, 0.25) is 0 Å². The van der Waals surface area contributed by atoms with Crippen molar-refractivity contribution in [2.24, 2.45) is 5.92 Å². The maximum Gasteiger partial charge on any atom is 0.261 e. The average Bonchev–Trinajstić information content (AvgIpc) is 3.13. The number of hydrogen-bond donors (Lipinski definition) is 3. The van der Waals surface area contributed by atoms with Gasteiger partial charge in [0.25, 0.3) is 5.91 Å². The van der Waals surface area contributed by atoms with Crippen molar-refractivity contribution in [2.45, 2.75) is 20.3 Å². The molecule has 3 aromatic rings. The summed E-state index contributed by atoms with van der Waals surface area (Å²) < 4.78 is 0. The van der Waals surface area contributed by atoms with Gasteiger partial charge in [-0.1, -0.05) is 13.8 Å². The van der Waals surface area contributed by atoms with Crippen LogP contribution < -0.4 is 15.1 Å². The van der Waals surface area contributed by atoms with E-state index in [1.807, 2.05) is 29.2 Å². The number of phenols is 1. The predicted octanol–water partition coefficient (Wildman–Crippen LogP) is 2.68. The van der Waals surface area contributed by atoms with Crippen LogP contribution in [0.5, 0.6) is 5.75 Å². The van der Waals surface area contributed by atoms with E-state index in [4.69, 9.17) is 0 Å². The summed E-state index contributed by atoms with van der Waals surface area (Å²) in [5.74, 6) is 0.0393. The van der Waals surface area contributed by atoms with Crippen molar-refractivity contribution in [1.82, 2.24) is 15.5 Å². The van der Waals surface area contributed by atoms with Crippen LogP contribution in [0.3, 0.4) is 0 Å². The Labute approximate surface area is 180 Å². The lowest BCUT2D eigenvalue weighted by molar-refractivity contribution is -0.120. The molecule has 162 valence electrons. The summed E-state index contributed by atoms with van der Waals surface area (Å²) in [6.45, 7) is 5.91. The first-order chi connectivity index (χ1) is 14.8. The molecule has 3 N–H and O–H groups in total. The molecule has 1 aliphatic heterocycles. The molecule has 0 saturated carbocycles. The first kappa shape index (κ1) is 20.7. The number of amides is 2. The fourth-order valence-electron chi connectivity index (χ4n) is 3.86. The van der Waals surface area contributed by atoms with E-state index in [-0.39, 0.29) is 23.1 Å². The van der Waals surface area contributed by atoms with Gasteiger partial charge in [-0.2, -0.15) is 5.10 Å². The minimum Gasteiger partial charge on any atom is -0.507 e. The van der Waals surface area contributed by atoms with Gasteiger partial charge in [0, 0.05) is 43.0 Å². The van der Waals surface area contributed by atoms with Crippen molar-refractivity contribution in [3.8, 4) is 5.75 Å². The van der Waals surface area contributed by atoms with Crippen LogP contribution in [-0.4, -0.2) is 53.8 Å². The topological polar surface area (TPSA) is 102 Å². The van der Waals surface area contributed by atoms with Crippen LogP contribution in [-0.2, 0) is 11.2 Å². The smallest absolute Gasteiger partial charge is 0.261 e. The van der Waals surface area contributed by atoms with Crippen molar-refractivity contribution < 1.29 is 14.7 Å². The maximum atomic E-state index is 13.2. The number of aromatic nitrogens is 2. The average molecular weight is 422 g/mol. The number of carbonyl (C=O) groups is 2. The van der Waals surface area contributed by atoms with Gasteiger partial charge >= 0.3 is 0 Å². The van der Waals surface area contributed by atoms with E-state index in [2.05, 4.69) is 29.4 Å². The van der Waals surface area contributed by atoms with Crippen molar-refractivity contribution >= 4 is 34.1 Å². The Morgan fingerprint density at radius 3 is 2.68 bits per heavy atom. The SMILES string of the molecule is CC(C)Cc1n[nH]c2cc(O)c(C(=O)N(C)c3ccc(N4CCNC(=O)C4)cc3)cc12. The van der Waals surface area contributed by atoms with Gasteiger partial charge in [0.05, 0.1) is 23.3 Å². The highest BCUT2D eigenvalue weighted by Gasteiger charge is 2.21. The summed E-state index contributed by atoms with van der Waals surface area (Å²) in [5, 5.41) is 21.4. The number of anilines is 2. The molecule has 8 heteroatoms. The molecule has 0 aliphatic carbocycles. The van der Waals surface area contributed by atoms with Crippen molar-refractivity contribution in [2.75, 3.05) is 36.5 Å². The van der Waals surface area contributed by atoms with Crippen LogP contribution in [0.15, 0.2) is 36.4 Å². The van der Waals surface area contributed by atoms with Gasteiger partial charge in [-0.05, 0) is 42.7 Å². The summed E-state index contributed by atoms with van der Waals surface area (Å²) in [6.07, 6.45) is 0.782. The molecule has 0 radical (unpaired) electrons. The van der Waals surface area contributed by atoms with E-state index in [9.17, 15) is 14.7 Å². The lowest BCUT2D eigenvalue weighted by atomic mass is 10.0. The van der Waals surface area contributed by atoms with E-state index in [1.54, 1.807) is 19.2 Å². The van der Waals surface area contributed by atoms with E-state index < -0.39 is 0 Å². The summed E-state index contributed by atoms with van der Waals surface area (Å²) in [7, 11) is 1.68. The zero-order chi connectivity index (χ0) is 22.1. The molecule has 8 nitrogen and oxygen atoms in total. The minimum atomic E-state index is -0.304. The molecule has 0 bridgehead atoms. The highest BCUT2D eigenvalue weighted by molar-refractivity contribution is 6.09. The third-order valence-electron chi connectivity index (χ3n) is 5.54. The molecule has 31 heavy (non-hydrogen) atoms. The number of benzene rings is 2. The van der Waals surface area contributed by atoms with Crippen LogP contribution in [0.4, 0.5) is 11.4 Å². The summed E-state index contributed by atoms with van der Waals surface area (Å²) >= 11 is 0. The molecule has 0 spiro atoms. The lowest BCUT2D eigenvalue weighted by Gasteiger charge is -2.29. The second kappa shape index (κ2) is 8.29. The number of piperazine rings is 1. The molecular weight excluding hydrogens is 394 g/mol. The molecule has 1 aliphatic rings. The van der Waals surface area contributed by atoms with Gasteiger partial charge in [-0.25, -0.2) is 0 Å². The first-order valence-corrected chi connectivity index (χ1v) is 10.4. The van der Waals surface area contributed by atoms with Gasteiger partial charge in [0.2, 0.25) is 5.91 Å². The molecule has 0 unspecified atom stereocenters. The fourth-order valence-corrected chi connectivity index (χ4v) is 3.86. The number of aromatic hydroxyl groups is 1. The maximum absolute atomic E-state index is 13.2. The van der Waals surface area contributed by atoms with Gasteiger partial charge < -0.3 is 20.2 Å². The Morgan fingerprint density at radius 2 is 2.00 bits per heavy atom. The number of carbonyl (C=O) groups excluding carboxylic acids is 2.